The number of aliphatic hydroxyl groups is 1. The second kappa shape index (κ2) is 15.8. The van der Waals surface area contributed by atoms with Gasteiger partial charge in [-0.3, -0.25) is 0 Å². The van der Waals surface area contributed by atoms with Crippen molar-refractivity contribution in [2.45, 2.75) is 43.5 Å². The Balaban J connectivity index is 1.06. The number of anilines is 1. The van der Waals surface area contributed by atoms with Crippen molar-refractivity contribution in [1.29, 1.82) is 0 Å². The quantitative estimate of drug-likeness (QED) is 0.124. The molecule has 2 amide bonds. The molecule has 7 nitrogen and oxygen atoms in total. The van der Waals surface area contributed by atoms with Crippen LogP contribution in [0.3, 0.4) is 0 Å². The lowest BCUT2D eigenvalue weighted by atomic mass is 9.91. The van der Waals surface area contributed by atoms with Crippen molar-refractivity contribution in [1.82, 2.24) is 5.32 Å². The summed E-state index contributed by atoms with van der Waals surface area (Å²) in [7, 11) is 0. The summed E-state index contributed by atoms with van der Waals surface area (Å²) in [5.41, 5.74) is 4.45. The maximum atomic E-state index is 12.6. The monoisotopic (exact) mass is 646 g/mol. The van der Waals surface area contributed by atoms with Gasteiger partial charge in [-0.25, -0.2) is 4.79 Å². The molecular formula is C39H38N2O5S. The first kappa shape index (κ1) is 32.3. The van der Waals surface area contributed by atoms with Gasteiger partial charge in [-0.05, 0) is 65.2 Å². The molecule has 1 saturated heterocycles. The lowest BCUT2D eigenvalue weighted by Crippen LogP contribution is -2.38. The molecule has 5 aromatic rings. The fourth-order valence-electron chi connectivity index (χ4n) is 5.39. The highest BCUT2D eigenvalue weighted by atomic mass is 32.2. The number of carbonyl (C=O) groups is 1. The first-order valence-electron chi connectivity index (χ1n) is 15.7. The van der Waals surface area contributed by atoms with Crippen LogP contribution in [0, 0.1) is 5.92 Å². The standard InChI is InChI=1S/C39H38N2O5S/c1-27-36(26-47-35-10-6-3-7-11-35)45-38(46-37(27)30-16-14-29(25-42)15-17-30)31-18-12-28(13-19-31)24-40-39(43)41-32-20-22-34(23-21-32)44-33-8-4-2-5-9-33/h2-23,27,36-38,42H,24-26H2,1H3,(H2,40,41,43)/t27-,36+,37+,38+/m0/s1. The molecule has 0 bridgehead atoms. The maximum absolute atomic E-state index is 12.6. The number of para-hydroxylation sites is 1. The van der Waals surface area contributed by atoms with Crippen molar-refractivity contribution in [3.63, 3.8) is 0 Å². The van der Waals surface area contributed by atoms with E-state index in [-0.39, 0.29) is 30.8 Å². The highest BCUT2D eigenvalue weighted by Crippen LogP contribution is 2.43. The topological polar surface area (TPSA) is 89.1 Å². The number of benzene rings is 5. The smallest absolute Gasteiger partial charge is 0.319 e. The summed E-state index contributed by atoms with van der Waals surface area (Å²) >= 11 is 1.78. The van der Waals surface area contributed by atoms with Gasteiger partial charge in [-0.1, -0.05) is 91.9 Å². The summed E-state index contributed by atoms with van der Waals surface area (Å²) in [6, 6.07) is 42.7. The molecule has 3 N–H and O–H groups in total. The number of rotatable bonds is 11. The van der Waals surface area contributed by atoms with Crippen LogP contribution in [-0.2, 0) is 22.6 Å². The molecule has 0 aliphatic carbocycles. The van der Waals surface area contributed by atoms with E-state index in [1.807, 2.05) is 109 Å². The lowest BCUT2D eigenvalue weighted by molar-refractivity contribution is -0.268. The van der Waals surface area contributed by atoms with Gasteiger partial charge >= 0.3 is 6.03 Å². The van der Waals surface area contributed by atoms with E-state index in [1.54, 1.807) is 23.9 Å². The van der Waals surface area contributed by atoms with Crippen molar-refractivity contribution in [2.24, 2.45) is 5.92 Å². The fraction of sp³-hybridized carbons (Fsp3) is 0.205. The van der Waals surface area contributed by atoms with E-state index in [2.05, 4.69) is 29.7 Å². The van der Waals surface area contributed by atoms with Crippen LogP contribution in [0.4, 0.5) is 10.5 Å². The van der Waals surface area contributed by atoms with E-state index in [0.717, 1.165) is 33.8 Å². The highest BCUT2D eigenvalue weighted by molar-refractivity contribution is 7.99. The van der Waals surface area contributed by atoms with E-state index >= 15 is 0 Å². The first-order chi connectivity index (χ1) is 23.0. The van der Waals surface area contributed by atoms with Gasteiger partial charge in [0, 0.05) is 34.4 Å². The Morgan fingerprint density at radius 2 is 1.36 bits per heavy atom. The van der Waals surface area contributed by atoms with E-state index in [4.69, 9.17) is 14.2 Å². The number of thioether (sulfide) groups is 1. The molecular weight excluding hydrogens is 609 g/mol. The van der Waals surface area contributed by atoms with Crippen LogP contribution in [0.5, 0.6) is 11.5 Å². The van der Waals surface area contributed by atoms with Crippen LogP contribution in [0.25, 0.3) is 0 Å². The van der Waals surface area contributed by atoms with Crippen LogP contribution in [0.1, 0.15) is 41.6 Å². The van der Waals surface area contributed by atoms with Crippen LogP contribution in [0.15, 0.2) is 138 Å². The largest absolute Gasteiger partial charge is 0.457 e. The normalized spacial score (nSPS) is 19.1. The van der Waals surface area contributed by atoms with Crippen molar-refractivity contribution in [3.05, 3.63) is 156 Å². The SMILES string of the molecule is C[C@H]1[C@@H](CSc2ccccc2)O[C@@H](c2ccc(CNC(=O)Nc3ccc(Oc4ccccc4)cc3)cc2)O[C@H]1c1ccc(CO)cc1. The number of carbonyl (C=O) groups excluding carboxylic acids is 1. The number of hydrogen-bond donors (Lipinski definition) is 3. The van der Waals surface area contributed by atoms with Crippen LogP contribution in [0.2, 0.25) is 0 Å². The minimum Gasteiger partial charge on any atom is -0.457 e. The zero-order valence-corrected chi connectivity index (χ0v) is 26.9. The molecule has 47 heavy (non-hydrogen) atoms. The van der Waals surface area contributed by atoms with E-state index < -0.39 is 6.29 Å². The third kappa shape index (κ3) is 8.81. The van der Waals surface area contributed by atoms with Crippen molar-refractivity contribution < 1.29 is 24.1 Å². The molecule has 240 valence electrons. The van der Waals surface area contributed by atoms with E-state index in [9.17, 15) is 9.90 Å². The lowest BCUT2D eigenvalue weighted by Gasteiger charge is -2.41. The summed E-state index contributed by atoms with van der Waals surface area (Å²) in [5, 5.41) is 15.3. The van der Waals surface area contributed by atoms with Gasteiger partial charge < -0.3 is 30.0 Å². The molecule has 5 aromatic carbocycles. The molecule has 0 aromatic heterocycles. The third-order valence-electron chi connectivity index (χ3n) is 8.08. The minimum atomic E-state index is -0.547. The third-order valence-corrected chi connectivity index (χ3v) is 9.18. The van der Waals surface area contributed by atoms with Gasteiger partial charge in [0.05, 0.1) is 18.8 Å². The van der Waals surface area contributed by atoms with Gasteiger partial charge in [-0.15, -0.1) is 11.8 Å². The van der Waals surface area contributed by atoms with Gasteiger partial charge in [0.2, 0.25) is 0 Å². The van der Waals surface area contributed by atoms with Crippen LogP contribution < -0.4 is 15.4 Å². The number of nitrogens with one attached hydrogen (secondary N) is 2. The molecule has 1 aliphatic rings. The summed E-state index contributed by atoms with van der Waals surface area (Å²) in [4.78, 5) is 13.8. The molecule has 1 heterocycles. The molecule has 8 heteroatoms. The van der Waals surface area contributed by atoms with E-state index in [1.165, 1.54) is 4.90 Å². The maximum Gasteiger partial charge on any atom is 0.319 e. The molecule has 1 fully saturated rings. The highest BCUT2D eigenvalue weighted by Gasteiger charge is 2.38. The zero-order valence-electron chi connectivity index (χ0n) is 26.1. The summed E-state index contributed by atoms with van der Waals surface area (Å²) < 4.78 is 19.0. The molecule has 4 atom stereocenters. The molecule has 0 unspecified atom stereocenters. The fourth-order valence-corrected chi connectivity index (χ4v) is 6.47. The second-order valence-corrected chi connectivity index (χ2v) is 12.5. The van der Waals surface area contributed by atoms with Crippen molar-refractivity contribution >= 4 is 23.5 Å². The van der Waals surface area contributed by atoms with Crippen molar-refractivity contribution in [3.8, 4) is 11.5 Å². The first-order valence-corrected chi connectivity index (χ1v) is 16.7. The van der Waals surface area contributed by atoms with Gasteiger partial charge in [0.15, 0.2) is 6.29 Å². The average Bonchev–Trinajstić information content (AvgIpc) is 3.12. The Kier molecular flexibility index (Phi) is 10.9. The Morgan fingerprint density at radius 3 is 2.04 bits per heavy atom. The summed E-state index contributed by atoms with van der Waals surface area (Å²) in [5.74, 6) is 2.34. The summed E-state index contributed by atoms with van der Waals surface area (Å²) in [6.45, 7) is 2.54. The average molecular weight is 647 g/mol. The number of aliphatic hydroxyl groups excluding tert-OH is 1. The number of amides is 2. The Labute approximate surface area is 279 Å². The minimum absolute atomic E-state index is 0.00398. The Hall–Kier alpha value is -4.60. The molecule has 1 aliphatic heterocycles. The van der Waals surface area contributed by atoms with Gasteiger partial charge in [-0.2, -0.15) is 0 Å². The van der Waals surface area contributed by atoms with E-state index in [0.29, 0.717) is 18.0 Å². The van der Waals surface area contributed by atoms with Crippen LogP contribution >= 0.6 is 11.8 Å². The molecule has 0 saturated carbocycles. The molecule has 6 rings (SSSR count). The molecule has 0 spiro atoms. The second-order valence-electron chi connectivity index (χ2n) is 11.4. The molecule has 0 radical (unpaired) electrons. The predicted molar refractivity (Wildman–Crippen MR) is 185 cm³/mol. The zero-order chi connectivity index (χ0) is 32.4. The predicted octanol–water partition coefficient (Wildman–Crippen LogP) is 8.88. The van der Waals surface area contributed by atoms with Gasteiger partial charge in [0.1, 0.15) is 11.5 Å². The number of urea groups is 1. The number of hydrogen-bond acceptors (Lipinski definition) is 6. The summed E-state index contributed by atoms with van der Waals surface area (Å²) in [6.07, 6.45) is -0.772. The Bertz CT molecular complexity index is 1700. The Morgan fingerprint density at radius 1 is 0.745 bits per heavy atom. The van der Waals surface area contributed by atoms with Crippen molar-refractivity contribution in [2.75, 3.05) is 11.1 Å². The number of ether oxygens (including phenoxy) is 3. The van der Waals surface area contributed by atoms with Gasteiger partial charge in [0.25, 0.3) is 0 Å². The van der Waals surface area contributed by atoms with Crippen LogP contribution in [-0.4, -0.2) is 23.0 Å².